The lowest BCUT2D eigenvalue weighted by Gasteiger charge is -2.11. The minimum atomic E-state index is -4.37. The summed E-state index contributed by atoms with van der Waals surface area (Å²) in [4.78, 5) is 16.1. The largest absolute Gasteiger partial charge is 0.416 e. The van der Waals surface area contributed by atoms with Crippen molar-refractivity contribution in [1.29, 1.82) is 0 Å². The number of pyridine rings is 3. The fourth-order valence-corrected chi connectivity index (χ4v) is 3.95. The van der Waals surface area contributed by atoms with Gasteiger partial charge in [0.05, 0.1) is 5.56 Å². The van der Waals surface area contributed by atoms with Crippen molar-refractivity contribution in [3.05, 3.63) is 88.8 Å². The molecular formula is C24H21F3N4. The fraction of sp³-hybridized carbons (Fsp3) is 0.292. The molecule has 4 nitrogen and oxygen atoms in total. The molecule has 1 fully saturated rings. The topological polar surface area (TPSA) is 54.5 Å². The molecule has 1 aliphatic rings. The van der Waals surface area contributed by atoms with Crippen molar-refractivity contribution in [2.45, 2.75) is 44.2 Å². The van der Waals surface area contributed by atoms with Gasteiger partial charge >= 0.3 is 6.18 Å². The lowest BCUT2D eigenvalue weighted by molar-refractivity contribution is -0.138. The van der Waals surface area contributed by atoms with Gasteiger partial charge in [-0.2, -0.15) is 13.2 Å². The zero-order valence-electron chi connectivity index (χ0n) is 16.8. The van der Waals surface area contributed by atoms with Gasteiger partial charge in [-0.15, -0.1) is 0 Å². The van der Waals surface area contributed by atoms with Gasteiger partial charge in [0.15, 0.2) is 0 Å². The van der Waals surface area contributed by atoms with Gasteiger partial charge in [0, 0.05) is 48.5 Å². The van der Waals surface area contributed by atoms with Gasteiger partial charge in [-0.25, -0.2) is 4.98 Å². The average Bonchev–Trinajstić information content (AvgIpc) is 3.55. The molecule has 0 spiro atoms. The summed E-state index contributed by atoms with van der Waals surface area (Å²) in [7, 11) is 0. The summed E-state index contributed by atoms with van der Waals surface area (Å²) in [6.07, 6.45) is 7.72. The molecule has 0 saturated heterocycles. The predicted octanol–water partition coefficient (Wildman–Crippen LogP) is 5.63. The Kier molecular flexibility index (Phi) is 4.96. The van der Waals surface area contributed by atoms with E-state index in [1.165, 1.54) is 36.4 Å². The van der Waals surface area contributed by atoms with E-state index in [4.69, 9.17) is 0 Å². The van der Waals surface area contributed by atoms with Crippen molar-refractivity contribution in [2.24, 2.45) is 0 Å². The smallest absolute Gasteiger partial charge is 0.346 e. The molecule has 1 saturated carbocycles. The molecule has 0 aromatic carbocycles. The van der Waals surface area contributed by atoms with Crippen LogP contribution in [0.15, 0.2) is 55.2 Å². The summed E-state index contributed by atoms with van der Waals surface area (Å²) in [5, 5.41) is 1.14. The van der Waals surface area contributed by atoms with Crippen LogP contribution in [0.3, 0.4) is 0 Å². The predicted molar refractivity (Wildman–Crippen MR) is 112 cm³/mol. The second-order valence-electron chi connectivity index (χ2n) is 8.12. The van der Waals surface area contributed by atoms with Crippen LogP contribution in [0.4, 0.5) is 13.2 Å². The van der Waals surface area contributed by atoms with E-state index < -0.39 is 11.7 Å². The first-order chi connectivity index (χ1) is 15.0. The highest BCUT2D eigenvalue weighted by atomic mass is 19.4. The van der Waals surface area contributed by atoms with Crippen molar-refractivity contribution in [1.82, 2.24) is 19.9 Å². The Hall–Kier alpha value is -3.22. The molecule has 4 aromatic rings. The van der Waals surface area contributed by atoms with E-state index in [2.05, 4.69) is 26.0 Å². The van der Waals surface area contributed by atoms with E-state index in [1.54, 1.807) is 6.20 Å². The van der Waals surface area contributed by atoms with E-state index in [9.17, 15) is 13.2 Å². The fourth-order valence-electron chi connectivity index (χ4n) is 3.95. The highest BCUT2D eigenvalue weighted by molar-refractivity contribution is 5.80. The van der Waals surface area contributed by atoms with Crippen LogP contribution < -0.4 is 0 Å². The summed E-state index contributed by atoms with van der Waals surface area (Å²) >= 11 is 0. The maximum absolute atomic E-state index is 13.1. The van der Waals surface area contributed by atoms with Crippen LogP contribution in [-0.2, 0) is 25.4 Å². The Morgan fingerprint density at radius 1 is 0.968 bits per heavy atom. The lowest BCUT2D eigenvalue weighted by Crippen LogP contribution is -2.10. The summed E-state index contributed by atoms with van der Waals surface area (Å²) in [5.74, 6) is 0.651. The zero-order chi connectivity index (χ0) is 21.4. The van der Waals surface area contributed by atoms with Crippen molar-refractivity contribution >= 4 is 11.0 Å². The maximum Gasteiger partial charge on any atom is 0.416 e. The number of nitrogens with zero attached hydrogens (tertiary/aromatic N) is 3. The monoisotopic (exact) mass is 422 g/mol. The molecule has 0 bridgehead atoms. The number of aromatic amines is 1. The molecule has 158 valence electrons. The molecular weight excluding hydrogens is 401 g/mol. The molecule has 1 aliphatic carbocycles. The number of hydrogen-bond donors (Lipinski definition) is 1. The summed E-state index contributed by atoms with van der Waals surface area (Å²) in [6, 6.07) is 7.14. The van der Waals surface area contributed by atoms with Crippen molar-refractivity contribution < 1.29 is 13.2 Å². The number of aryl methyl sites for hydroxylation is 2. The summed E-state index contributed by atoms with van der Waals surface area (Å²) < 4.78 is 39.4. The standard InChI is InChI=1S/C24H21F3N4/c25-24(26,27)22-7-8-28-12-17(22)4-6-20-5-1-15(11-29-20)9-19-14-31-23-21(19)10-18(13-30-23)16-2-3-16/h1,5,7-8,10-14,16H,2-4,6,9H2,(H,30,31). The van der Waals surface area contributed by atoms with E-state index in [1.807, 2.05) is 24.5 Å². The van der Waals surface area contributed by atoms with Gasteiger partial charge in [-0.05, 0) is 72.1 Å². The molecule has 7 heteroatoms. The summed E-state index contributed by atoms with van der Waals surface area (Å²) in [6.45, 7) is 0. The van der Waals surface area contributed by atoms with E-state index >= 15 is 0 Å². The summed E-state index contributed by atoms with van der Waals surface area (Å²) in [5.41, 5.74) is 4.74. The number of H-pyrrole nitrogens is 1. The Balaban J connectivity index is 1.28. The van der Waals surface area contributed by atoms with E-state index in [-0.39, 0.29) is 12.0 Å². The molecule has 4 aromatic heterocycles. The molecule has 5 rings (SSSR count). The van der Waals surface area contributed by atoms with Crippen LogP contribution in [0.2, 0.25) is 0 Å². The van der Waals surface area contributed by atoms with Crippen molar-refractivity contribution in [3.8, 4) is 0 Å². The third-order valence-corrected chi connectivity index (χ3v) is 5.83. The van der Waals surface area contributed by atoms with Gasteiger partial charge in [0.1, 0.15) is 5.65 Å². The highest BCUT2D eigenvalue weighted by Gasteiger charge is 2.33. The van der Waals surface area contributed by atoms with Crippen LogP contribution in [0.5, 0.6) is 0 Å². The first kappa shape index (κ1) is 19.7. The molecule has 0 unspecified atom stereocenters. The Morgan fingerprint density at radius 2 is 1.84 bits per heavy atom. The lowest BCUT2D eigenvalue weighted by atomic mass is 10.0. The van der Waals surface area contributed by atoms with Gasteiger partial charge < -0.3 is 4.98 Å². The SMILES string of the molecule is FC(F)(F)c1ccncc1CCc1ccc(Cc2c[nH]c3ncc(C4CC4)cc23)cn1. The molecule has 0 radical (unpaired) electrons. The Labute approximate surface area is 177 Å². The average molecular weight is 422 g/mol. The first-order valence-corrected chi connectivity index (χ1v) is 10.4. The van der Waals surface area contributed by atoms with Crippen LogP contribution in [0.25, 0.3) is 11.0 Å². The zero-order valence-corrected chi connectivity index (χ0v) is 16.8. The normalized spacial score (nSPS) is 14.3. The van der Waals surface area contributed by atoms with Gasteiger partial charge in [0.2, 0.25) is 0 Å². The van der Waals surface area contributed by atoms with Crippen molar-refractivity contribution in [3.63, 3.8) is 0 Å². The number of rotatable bonds is 6. The Bertz CT molecular complexity index is 1210. The second kappa shape index (κ2) is 7.80. The van der Waals surface area contributed by atoms with Crippen LogP contribution in [0.1, 0.15) is 52.3 Å². The molecule has 4 heterocycles. The molecule has 0 aliphatic heterocycles. The number of fused-ring (bicyclic) bond motifs is 1. The molecule has 1 N–H and O–H groups in total. The van der Waals surface area contributed by atoms with Crippen LogP contribution >= 0.6 is 0 Å². The van der Waals surface area contributed by atoms with Crippen LogP contribution in [0, 0.1) is 0 Å². The minimum Gasteiger partial charge on any atom is -0.346 e. The number of halogens is 3. The van der Waals surface area contributed by atoms with Crippen LogP contribution in [-0.4, -0.2) is 19.9 Å². The number of hydrogen-bond acceptors (Lipinski definition) is 3. The van der Waals surface area contributed by atoms with Gasteiger partial charge in [-0.3, -0.25) is 9.97 Å². The third kappa shape index (κ3) is 4.31. The molecule has 31 heavy (non-hydrogen) atoms. The number of nitrogens with one attached hydrogen (secondary N) is 1. The molecule has 0 amide bonds. The minimum absolute atomic E-state index is 0.193. The van der Waals surface area contributed by atoms with E-state index in [0.717, 1.165) is 34.8 Å². The quantitative estimate of drug-likeness (QED) is 0.438. The number of aromatic nitrogens is 4. The van der Waals surface area contributed by atoms with Crippen molar-refractivity contribution in [2.75, 3.05) is 0 Å². The highest BCUT2D eigenvalue weighted by Crippen LogP contribution is 2.40. The Morgan fingerprint density at radius 3 is 2.58 bits per heavy atom. The van der Waals surface area contributed by atoms with E-state index in [0.29, 0.717) is 12.3 Å². The first-order valence-electron chi connectivity index (χ1n) is 10.4. The number of alkyl halides is 3. The third-order valence-electron chi connectivity index (χ3n) is 5.83. The maximum atomic E-state index is 13.1. The second-order valence-corrected chi connectivity index (χ2v) is 8.12. The van der Waals surface area contributed by atoms with Gasteiger partial charge in [-0.1, -0.05) is 6.07 Å². The molecule has 0 atom stereocenters. The van der Waals surface area contributed by atoms with Gasteiger partial charge in [0.25, 0.3) is 0 Å².